The van der Waals surface area contributed by atoms with Gasteiger partial charge in [0.25, 0.3) is 5.91 Å². The van der Waals surface area contributed by atoms with Crippen LogP contribution in [-0.4, -0.2) is 55.9 Å². The summed E-state index contributed by atoms with van der Waals surface area (Å²) in [5.74, 6) is 0.0678. The Kier molecular flexibility index (Phi) is 7.06. The van der Waals surface area contributed by atoms with Crippen LogP contribution in [0.1, 0.15) is 30.9 Å². The number of nitrogens with zero attached hydrogens (tertiary/aromatic N) is 1. The molecule has 36 heavy (non-hydrogen) atoms. The van der Waals surface area contributed by atoms with Gasteiger partial charge >= 0.3 is 5.97 Å². The van der Waals surface area contributed by atoms with E-state index in [0.29, 0.717) is 31.9 Å². The lowest BCUT2D eigenvalue weighted by molar-refractivity contribution is -0.178. The number of carbonyl (C=O) groups is 2. The fourth-order valence-corrected chi connectivity index (χ4v) is 4.82. The van der Waals surface area contributed by atoms with E-state index in [1.165, 1.54) is 0 Å². The van der Waals surface area contributed by atoms with Gasteiger partial charge in [-0.25, -0.2) is 0 Å². The highest BCUT2D eigenvalue weighted by molar-refractivity contribution is 5.81. The molecule has 2 N–H and O–H groups in total. The first-order valence-electron chi connectivity index (χ1n) is 12.5. The van der Waals surface area contributed by atoms with E-state index in [2.05, 4.69) is 22.8 Å². The molecule has 0 radical (unpaired) electrons. The van der Waals surface area contributed by atoms with Crippen LogP contribution < -0.4 is 15.4 Å². The predicted molar refractivity (Wildman–Crippen MR) is 132 cm³/mol. The Bertz CT molecular complexity index is 1170. The summed E-state index contributed by atoms with van der Waals surface area (Å²) in [6.45, 7) is 4.05. The van der Waals surface area contributed by atoms with Crippen LogP contribution in [0.25, 0.3) is 11.1 Å². The molecule has 2 unspecified atom stereocenters. The van der Waals surface area contributed by atoms with Crippen LogP contribution in [0.4, 0.5) is 0 Å². The van der Waals surface area contributed by atoms with Crippen LogP contribution >= 0.6 is 0 Å². The molecule has 3 heterocycles. The topological polar surface area (TPSA) is 110 Å². The molecule has 3 aliphatic rings. The standard InChI is InChI=1S/C28H31N3O5/c1-18-2-5-22-13-21(8-9-24(22)36-27(18)33)20-6-3-19(4-7-20)12-23(14-29)31-26(32)25-15-30-16-28(17-34-25)10-11-35-28/h3-4,6-9,13,18,23,25,30H,2,5,10-12,15-17H2,1H3,(H,31,32)/t18?,23-,25-,28?/m0/s1. The van der Waals surface area contributed by atoms with Gasteiger partial charge < -0.3 is 24.8 Å². The summed E-state index contributed by atoms with van der Waals surface area (Å²) in [5, 5.41) is 15.7. The van der Waals surface area contributed by atoms with Crippen LogP contribution in [0.5, 0.6) is 5.75 Å². The summed E-state index contributed by atoms with van der Waals surface area (Å²) >= 11 is 0. The highest BCUT2D eigenvalue weighted by Gasteiger charge is 2.42. The summed E-state index contributed by atoms with van der Waals surface area (Å²) in [6, 6.07) is 15.4. The van der Waals surface area contributed by atoms with E-state index in [0.717, 1.165) is 48.1 Å². The number of benzene rings is 2. The van der Waals surface area contributed by atoms with E-state index in [1.807, 2.05) is 43.3 Å². The van der Waals surface area contributed by atoms with Crippen molar-refractivity contribution in [2.24, 2.45) is 5.92 Å². The Labute approximate surface area is 210 Å². The first-order chi connectivity index (χ1) is 17.4. The summed E-state index contributed by atoms with van der Waals surface area (Å²) in [7, 11) is 0. The van der Waals surface area contributed by atoms with Crippen molar-refractivity contribution in [2.45, 2.75) is 50.4 Å². The molecule has 188 valence electrons. The van der Waals surface area contributed by atoms with Crippen molar-refractivity contribution in [2.75, 3.05) is 26.3 Å². The van der Waals surface area contributed by atoms with Gasteiger partial charge in [-0.1, -0.05) is 37.3 Å². The maximum absolute atomic E-state index is 12.8. The third-order valence-corrected chi connectivity index (χ3v) is 7.30. The Morgan fingerprint density at radius 1 is 1.25 bits per heavy atom. The van der Waals surface area contributed by atoms with Gasteiger partial charge in [-0.15, -0.1) is 0 Å². The van der Waals surface area contributed by atoms with Crippen LogP contribution in [-0.2, 0) is 31.9 Å². The molecule has 1 amide bonds. The maximum Gasteiger partial charge on any atom is 0.314 e. The van der Waals surface area contributed by atoms with Crippen molar-refractivity contribution in [1.29, 1.82) is 5.26 Å². The highest BCUT2D eigenvalue weighted by atomic mass is 16.6. The van der Waals surface area contributed by atoms with Gasteiger partial charge in [-0.05, 0) is 47.2 Å². The number of amides is 1. The second-order valence-corrected chi connectivity index (χ2v) is 9.99. The normalized spacial score (nSPS) is 26.4. The number of rotatable bonds is 5. The van der Waals surface area contributed by atoms with E-state index in [4.69, 9.17) is 14.2 Å². The van der Waals surface area contributed by atoms with Crippen LogP contribution in [0.3, 0.4) is 0 Å². The molecular weight excluding hydrogens is 458 g/mol. The molecule has 2 saturated heterocycles. The molecule has 5 rings (SSSR count). The number of hydrogen-bond acceptors (Lipinski definition) is 7. The van der Waals surface area contributed by atoms with Gasteiger partial charge in [-0.3, -0.25) is 9.59 Å². The number of nitrogens with one attached hydrogen (secondary N) is 2. The third kappa shape index (κ3) is 5.29. The summed E-state index contributed by atoms with van der Waals surface area (Å²) < 4.78 is 17.0. The van der Waals surface area contributed by atoms with Crippen molar-refractivity contribution in [3.8, 4) is 22.9 Å². The SMILES string of the molecule is CC1CCc2cc(-c3ccc(C[C@@H](C#N)NC(=O)[C@@H]4CNCC5(CCO5)CO4)cc3)ccc2OC1=O. The molecule has 1 spiro atoms. The predicted octanol–water partition coefficient (Wildman–Crippen LogP) is 2.54. The number of fused-ring (bicyclic) bond motifs is 1. The first kappa shape index (κ1) is 24.4. The fraction of sp³-hybridized carbons (Fsp3) is 0.464. The highest BCUT2D eigenvalue weighted by Crippen LogP contribution is 2.32. The van der Waals surface area contributed by atoms with E-state index in [-0.39, 0.29) is 23.4 Å². The monoisotopic (exact) mass is 489 g/mol. The zero-order chi connectivity index (χ0) is 25.1. The third-order valence-electron chi connectivity index (χ3n) is 7.30. The first-order valence-corrected chi connectivity index (χ1v) is 12.5. The Morgan fingerprint density at radius 2 is 2.03 bits per heavy atom. The smallest absolute Gasteiger partial charge is 0.314 e. The van der Waals surface area contributed by atoms with Crippen LogP contribution in [0, 0.1) is 17.2 Å². The van der Waals surface area contributed by atoms with Gasteiger partial charge in [0.15, 0.2) is 0 Å². The summed E-state index contributed by atoms with van der Waals surface area (Å²) in [4.78, 5) is 24.8. The molecule has 2 fully saturated rings. The van der Waals surface area contributed by atoms with Gasteiger partial charge in [-0.2, -0.15) is 5.26 Å². The molecule has 2 aromatic rings. The van der Waals surface area contributed by atoms with E-state index in [1.54, 1.807) is 0 Å². The lowest BCUT2D eigenvalue weighted by Crippen LogP contribution is -2.53. The van der Waals surface area contributed by atoms with Gasteiger partial charge in [0.05, 0.1) is 25.2 Å². The van der Waals surface area contributed by atoms with E-state index >= 15 is 0 Å². The quantitative estimate of drug-likeness (QED) is 0.491. The van der Waals surface area contributed by atoms with Crippen molar-refractivity contribution >= 4 is 11.9 Å². The Hall–Kier alpha value is -3.25. The van der Waals surface area contributed by atoms with Crippen molar-refractivity contribution in [3.63, 3.8) is 0 Å². The second-order valence-electron chi connectivity index (χ2n) is 9.99. The molecule has 8 heteroatoms. The molecule has 0 saturated carbocycles. The lowest BCUT2D eigenvalue weighted by Gasteiger charge is -2.40. The summed E-state index contributed by atoms with van der Waals surface area (Å²) in [5.41, 5.74) is 3.75. The Balaban J connectivity index is 1.19. The number of hydrogen-bond donors (Lipinski definition) is 2. The zero-order valence-electron chi connectivity index (χ0n) is 20.4. The molecule has 2 aromatic carbocycles. The average Bonchev–Trinajstić information content (AvgIpc) is 3.19. The number of ether oxygens (including phenoxy) is 3. The van der Waals surface area contributed by atoms with Crippen LogP contribution in [0.15, 0.2) is 42.5 Å². The molecule has 4 atom stereocenters. The van der Waals surface area contributed by atoms with E-state index < -0.39 is 12.1 Å². The maximum atomic E-state index is 12.8. The number of nitriles is 1. The van der Waals surface area contributed by atoms with Crippen LogP contribution in [0.2, 0.25) is 0 Å². The van der Waals surface area contributed by atoms with Gasteiger partial charge in [0.1, 0.15) is 23.5 Å². The van der Waals surface area contributed by atoms with Gasteiger partial charge in [0, 0.05) is 25.9 Å². The largest absolute Gasteiger partial charge is 0.426 e. The number of carbonyl (C=O) groups excluding carboxylic acids is 2. The summed E-state index contributed by atoms with van der Waals surface area (Å²) in [6.07, 6.45) is 2.23. The minimum absolute atomic E-state index is 0.104. The minimum Gasteiger partial charge on any atom is -0.426 e. The van der Waals surface area contributed by atoms with E-state index in [9.17, 15) is 14.9 Å². The molecule has 0 bridgehead atoms. The van der Waals surface area contributed by atoms with Crippen molar-refractivity contribution in [1.82, 2.24) is 10.6 Å². The number of esters is 1. The average molecular weight is 490 g/mol. The second kappa shape index (κ2) is 10.4. The molecule has 0 aliphatic carbocycles. The van der Waals surface area contributed by atoms with Crippen molar-refractivity contribution in [3.05, 3.63) is 53.6 Å². The zero-order valence-corrected chi connectivity index (χ0v) is 20.4. The minimum atomic E-state index is -0.659. The van der Waals surface area contributed by atoms with Crippen molar-refractivity contribution < 1.29 is 23.8 Å². The fourth-order valence-electron chi connectivity index (χ4n) is 4.82. The molecular formula is C28H31N3O5. The number of aryl methyl sites for hydroxylation is 1. The molecule has 0 aromatic heterocycles. The van der Waals surface area contributed by atoms with Gasteiger partial charge in [0.2, 0.25) is 0 Å². The lowest BCUT2D eigenvalue weighted by atomic mass is 9.96. The molecule has 3 aliphatic heterocycles. The molecule has 8 nitrogen and oxygen atoms in total. The Morgan fingerprint density at radius 3 is 2.75 bits per heavy atom.